The topological polar surface area (TPSA) is 21.3 Å². The molecule has 0 spiro atoms. The van der Waals surface area contributed by atoms with E-state index in [0.29, 0.717) is 16.7 Å². The van der Waals surface area contributed by atoms with E-state index in [-0.39, 0.29) is 0 Å². The number of ether oxygens (including phenoxy) is 1. The molecular formula is C16H17Cl2NOS. The summed E-state index contributed by atoms with van der Waals surface area (Å²) in [5.74, 6) is 0.743. The highest BCUT2D eigenvalue weighted by molar-refractivity contribution is 7.12. The minimum Gasteiger partial charge on any atom is -0.489 e. The summed E-state index contributed by atoms with van der Waals surface area (Å²) in [5, 5.41) is 4.60. The van der Waals surface area contributed by atoms with Gasteiger partial charge in [0.15, 0.2) is 0 Å². The van der Waals surface area contributed by atoms with Gasteiger partial charge in [-0.2, -0.15) is 0 Å². The molecule has 112 valence electrons. The van der Waals surface area contributed by atoms with E-state index in [4.69, 9.17) is 27.9 Å². The van der Waals surface area contributed by atoms with Gasteiger partial charge in [-0.25, -0.2) is 0 Å². The van der Waals surface area contributed by atoms with Gasteiger partial charge in [-0.3, -0.25) is 0 Å². The summed E-state index contributed by atoms with van der Waals surface area (Å²) in [6.45, 7) is 3.66. The Kier molecular flexibility index (Phi) is 4.75. The smallest absolute Gasteiger partial charge is 0.121 e. The van der Waals surface area contributed by atoms with Gasteiger partial charge in [0.1, 0.15) is 12.4 Å². The van der Waals surface area contributed by atoms with Crippen LogP contribution >= 0.6 is 34.5 Å². The first-order chi connectivity index (χ1) is 10.1. The molecule has 1 fully saturated rings. The molecule has 1 heterocycles. The zero-order chi connectivity index (χ0) is 14.8. The van der Waals surface area contributed by atoms with Gasteiger partial charge in [-0.1, -0.05) is 23.2 Å². The van der Waals surface area contributed by atoms with Crippen LogP contribution in [0, 0.1) is 6.92 Å². The third-order valence-corrected chi connectivity index (χ3v) is 5.33. The molecule has 5 heteroatoms. The average molecular weight is 342 g/mol. The van der Waals surface area contributed by atoms with Crippen LogP contribution in [0.15, 0.2) is 24.3 Å². The van der Waals surface area contributed by atoms with Crippen molar-refractivity contribution in [2.75, 3.05) is 0 Å². The fourth-order valence-corrected chi connectivity index (χ4v) is 3.37. The number of halogens is 2. The summed E-state index contributed by atoms with van der Waals surface area (Å²) >= 11 is 13.7. The van der Waals surface area contributed by atoms with Gasteiger partial charge in [0.05, 0.1) is 10.0 Å². The van der Waals surface area contributed by atoms with Gasteiger partial charge < -0.3 is 10.1 Å². The lowest BCUT2D eigenvalue weighted by atomic mass is 10.2. The van der Waals surface area contributed by atoms with Gasteiger partial charge in [0, 0.05) is 34.0 Å². The molecule has 0 saturated heterocycles. The molecule has 1 saturated carbocycles. The van der Waals surface area contributed by atoms with Gasteiger partial charge in [-0.05, 0) is 38.0 Å². The van der Waals surface area contributed by atoms with Crippen LogP contribution in [-0.2, 0) is 13.2 Å². The summed E-state index contributed by atoms with van der Waals surface area (Å²) < 4.78 is 5.80. The summed E-state index contributed by atoms with van der Waals surface area (Å²) in [4.78, 5) is 2.68. The van der Waals surface area contributed by atoms with Crippen molar-refractivity contribution in [3.63, 3.8) is 0 Å². The molecule has 0 radical (unpaired) electrons. The highest BCUT2D eigenvalue weighted by atomic mass is 35.5. The van der Waals surface area contributed by atoms with Crippen LogP contribution in [0.5, 0.6) is 5.75 Å². The highest BCUT2D eigenvalue weighted by Crippen LogP contribution is 2.28. The molecule has 0 aliphatic heterocycles. The standard InChI is InChI=1S/C16H17Cl2NOS/c1-10-11(6-14(21-10)8-19-12-2-3-12)9-20-13-4-5-15(17)16(18)7-13/h4-7,12,19H,2-3,8-9H2,1H3. The maximum absolute atomic E-state index is 5.99. The number of thiophene rings is 1. The Labute approximate surface area is 139 Å². The monoisotopic (exact) mass is 341 g/mol. The molecule has 21 heavy (non-hydrogen) atoms. The van der Waals surface area contributed by atoms with E-state index in [2.05, 4.69) is 18.3 Å². The number of hydrogen-bond donors (Lipinski definition) is 1. The Morgan fingerprint density at radius 1 is 1.24 bits per heavy atom. The third kappa shape index (κ3) is 4.13. The van der Waals surface area contributed by atoms with Gasteiger partial charge in [0.25, 0.3) is 0 Å². The average Bonchev–Trinajstić information content (AvgIpc) is 3.22. The highest BCUT2D eigenvalue weighted by Gasteiger charge is 2.20. The second-order valence-electron chi connectivity index (χ2n) is 5.31. The Bertz CT molecular complexity index is 637. The zero-order valence-corrected chi connectivity index (χ0v) is 14.1. The number of nitrogens with one attached hydrogen (secondary N) is 1. The van der Waals surface area contributed by atoms with Crippen LogP contribution in [-0.4, -0.2) is 6.04 Å². The van der Waals surface area contributed by atoms with Crippen LogP contribution in [0.2, 0.25) is 10.0 Å². The van der Waals surface area contributed by atoms with Crippen molar-refractivity contribution in [2.24, 2.45) is 0 Å². The Morgan fingerprint density at radius 3 is 2.76 bits per heavy atom. The Hall–Kier alpha value is -0.740. The molecule has 3 rings (SSSR count). The second-order valence-corrected chi connectivity index (χ2v) is 7.47. The maximum atomic E-state index is 5.99. The molecule has 1 aliphatic carbocycles. The largest absolute Gasteiger partial charge is 0.489 e. The van der Waals surface area contributed by atoms with Crippen molar-refractivity contribution in [1.82, 2.24) is 5.32 Å². The molecule has 1 aliphatic rings. The quantitative estimate of drug-likeness (QED) is 0.780. The number of aryl methyl sites for hydroxylation is 1. The van der Waals surface area contributed by atoms with Crippen molar-refractivity contribution in [2.45, 2.75) is 39.0 Å². The van der Waals surface area contributed by atoms with Crippen LogP contribution < -0.4 is 10.1 Å². The molecular weight excluding hydrogens is 325 g/mol. The van der Waals surface area contributed by atoms with Crippen LogP contribution in [0.1, 0.15) is 28.2 Å². The fraction of sp³-hybridized carbons (Fsp3) is 0.375. The summed E-state index contributed by atoms with van der Waals surface area (Å²) in [6.07, 6.45) is 2.63. The van der Waals surface area contributed by atoms with Crippen LogP contribution in [0.25, 0.3) is 0 Å². The molecule has 1 aromatic carbocycles. The normalized spacial score (nSPS) is 14.4. The van der Waals surface area contributed by atoms with E-state index in [1.54, 1.807) is 12.1 Å². The van der Waals surface area contributed by atoms with Crippen LogP contribution in [0.4, 0.5) is 0 Å². The van der Waals surface area contributed by atoms with E-state index < -0.39 is 0 Å². The minimum atomic E-state index is 0.519. The molecule has 1 aromatic heterocycles. The predicted molar refractivity (Wildman–Crippen MR) is 89.7 cm³/mol. The Balaban J connectivity index is 1.59. The first-order valence-corrected chi connectivity index (χ1v) is 8.58. The number of rotatable bonds is 6. The van der Waals surface area contributed by atoms with Gasteiger partial charge in [0.2, 0.25) is 0 Å². The molecule has 1 N–H and O–H groups in total. The summed E-state index contributed by atoms with van der Waals surface area (Å²) in [5.41, 5.74) is 1.23. The van der Waals surface area contributed by atoms with E-state index in [1.165, 1.54) is 28.2 Å². The summed E-state index contributed by atoms with van der Waals surface area (Å²) in [6, 6.07) is 8.31. The first kappa shape index (κ1) is 15.2. The molecule has 2 aromatic rings. The Morgan fingerprint density at radius 2 is 2.05 bits per heavy atom. The molecule has 0 unspecified atom stereocenters. The predicted octanol–water partition coefficient (Wildman–Crippen LogP) is 5.19. The molecule has 2 nitrogen and oxygen atoms in total. The van der Waals surface area contributed by atoms with Gasteiger partial charge in [-0.15, -0.1) is 11.3 Å². The van der Waals surface area contributed by atoms with Crippen molar-refractivity contribution >= 4 is 34.5 Å². The number of hydrogen-bond acceptors (Lipinski definition) is 3. The minimum absolute atomic E-state index is 0.519. The lowest BCUT2D eigenvalue weighted by Gasteiger charge is -2.06. The maximum Gasteiger partial charge on any atom is 0.121 e. The van der Waals surface area contributed by atoms with E-state index in [9.17, 15) is 0 Å². The lowest BCUT2D eigenvalue weighted by Crippen LogP contribution is -2.14. The third-order valence-electron chi connectivity index (χ3n) is 3.50. The van der Waals surface area contributed by atoms with Gasteiger partial charge >= 0.3 is 0 Å². The molecule has 0 bridgehead atoms. The lowest BCUT2D eigenvalue weighted by molar-refractivity contribution is 0.306. The number of benzene rings is 1. The second kappa shape index (κ2) is 6.57. The van der Waals surface area contributed by atoms with Crippen LogP contribution in [0.3, 0.4) is 0 Å². The van der Waals surface area contributed by atoms with Crippen molar-refractivity contribution in [3.05, 3.63) is 49.6 Å². The zero-order valence-electron chi connectivity index (χ0n) is 11.8. The fourth-order valence-electron chi connectivity index (χ4n) is 2.08. The first-order valence-electron chi connectivity index (χ1n) is 7.01. The van der Waals surface area contributed by atoms with E-state index in [1.807, 2.05) is 17.4 Å². The van der Waals surface area contributed by atoms with E-state index in [0.717, 1.165) is 18.3 Å². The van der Waals surface area contributed by atoms with Crippen molar-refractivity contribution in [1.29, 1.82) is 0 Å². The molecule has 0 atom stereocenters. The van der Waals surface area contributed by atoms with Crippen molar-refractivity contribution < 1.29 is 4.74 Å². The van der Waals surface area contributed by atoms with E-state index >= 15 is 0 Å². The molecule has 0 amide bonds. The summed E-state index contributed by atoms with van der Waals surface area (Å²) in [7, 11) is 0. The van der Waals surface area contributed by atoms with Crippen molar-refractivity contribution in [3.8, 4) is 5.75 Å². The SMILES string of the molecule is Cc1sc(CNC2CC2)cc1COc1ccc(Cl)c(Cl)c1.